The maximum atomic E-state index is 12.2. The van der Waals surface area contributed by atoms with E-state index in [1.165, 1.54) is 6.07 Å². The van der Waals surface area contributed by atoms with Crippen molar-refractivity contribution in [2.24, 2.45) is 10.2 Å². The van der Waals surface area contributed by atoms with E-state index in [0.29, 0.717) is 16.7 Å². The Hall–Kier alpha value is -3.26. The lowest BCUT2D eigenvalue weighted by Gasteiger charge is -1.92. The Bertz CT molecular complexity index is 1130. The van der Waals surface area contributed by atoms with Crippen molar-refractivity contribution in [3.05, 3.63) is 64.8 Å². The Kier molecular flexibility index (Phi) is 4.10. The monoisotopic (exact) mass is 410 g/mol. The number of halogens is 1. The lowest BCUT2D eigenvalue weighted by molar-refractivity contribution is 0.0986. The van der Waals surface area contributed by atoms with E-state index in [1.54, 1.807) is 12.1 Å². The quantitative estimate of drug-likeness (QED) is 0.452. The second-order valence-corrected chi connectivity index (χ2v) is 6.38. The zero-order valence-electron chi connectivity index (χ0n) is 13.2. The van der Waals surface area contributed by atoms with E-state index in [4.69, 9.17) is 4.52 Å². The third-order valence-electron chi connectivity index (χ3n) is 3.74. The number of carbonyl (C=O) groups excluding carboxylic acids is 1. The molecule has 26 heavy (non-hydrogen) atoms. The van der Waals surface area contributed by atoms with Crippen LogP contribution in [0.25, 0.3) is 22.2 Å². The molecule has 0 atom stereocenters. The Balaban J connectivity index is 1.62. The molecule has 2 aromatic carbocycles. The number of fused-ring (bicyclic) bond motifs is 1. The van der Waals surface area contributed by atoms with Crippen LogP contribution in [0.1, 0.15) is 10.5 Å². The Morgan fingerprint density at radius 3 is 2.77 bits per heavy atom. The van der Waals surface area contributed by atoms with E-state index in [1.807, 2.05) is 36.4 Å². The van der Waals surface area contributed by atoms with E-state index in [2.05, 4.69) is 36.3 Å². The first kappa shape index (κ1) is 16.2. The van der Waals surface area contributed by atoms with E-state index in [-0.39, 0.29) is 17.3 Å². The molecule has 0 saturated carbocycles. The molecule has 0 aliphatic heterocycles. The molecule has 2 N–H and O–H groups in total. The maximum Gasteiger partial charge on any atom is 0.317 e. The van der Waals surface area contributed by atoms with Crippen LogP contribution in [0.15, 0.2) is 73.8 Å². The maximum absolute atomic E-state index is 12.2. The van der Waals surface area contributed by atoms with Crippen LogP contribution < -0.4 is 0 Å². The van der Waals surface area contributed by atoms with Gasteiger partial charge in [0.2, 0.25) is 5.88 Å². The van der Waals surface area contributed by atoms with Crippen LogP contribution in [0.3, 0.4) is 0 Å². The summed E-state index contributed by atoms with van der Waals surface area (Å²) in [4.78, 5) is 15.0. The van der Waals surface area contributed by atoms with Gasteiger partial charge >= 0.3 is 5.91 Å². The number of H-pyrrole nitrogens is 1. The van der Waals surface area contributed by atoms with Gasteiger partial charge in [-0.2, -0.15) is 0 Å². The highest BCUT2D eigenvalue weighted by Crippen LogP contribution is 2.36. The SMILES string of the molecule is O=C(N=Nc1c(O)[nH]c2ccc(Br)cc12)c1cc(-c2ccccc2)on1. The number of carbonyl (C=O) groups is 1. The van der Waals surface area contributed by atoms with E-state index >= 15 is 0 Å². The summed E-state index contributed by atoms with van der Waals surface area (Å²) in [7, 11) is 0. The first-order chi connectivity index (χ1) is 12.6. The second kappa shape index (κ2) is 6.57. The molecule has 7 nitrogen and oxygen atoms in total. The van der Waals surface area contributed by atoms with Gasteiger partial charge in [-0.3, -0.25) is 4.79 Å². The Morgan fingerprint density at radius 2 is 1.96 bits per heavy atom. The zero-order valence-corrected chi connectivity index (χ0v) is 14.8. The zero-order chi connectivity index (χ0) is 18.1. The highest BCUT2D eigenvalue weighted by Gasteiger charge is 2.15. The predicted molar refractivity (Wildman–Crippen MR) is 98.4 cm³/mol. The van der Waals surface area contributed by atoms with Gasteiger partial charge < -0.3 is 14.6 Å². The van der Waals surface area contributed by atoms with Crippen molar-refractivity contribution in [2.45, 2.75) is 0 Å². The molecule has 8 heteroatoms. The van der Waals surface area contributed by atoms with Crippen molar-refractivity contribution >= 4 is 38.4 Å². The van der Waals surface area contributed by atoms with Gasteiger partial charge in [-0.05, 0) is 18.2 Å². The summed E-state index contributed by atoms with van der Waals surface area (Å²) in [5, 5.41) is 21.9. The average molecular weight is 411 g/mol. The van der Waals surface area contributed by atoms with Gasteiger partial charge in [-0.25, -0.2) is 0 Å². The van der Waals surface area contributed by atoms with Crippen LogP contribution in [0.4, 0.5) is 5.69 Å². The molecular formula is C18H11BrN4O3. The summed E-state index contributed by atoms with van der Waals surface area (Å²) in [5.41, 5.74) is 1.70. The molecule has 0 saturated heterocycles. The van der Waals surface area contributed by atoms with Gasteiger partial charge in [-0.15, -0.1) is 10.2 Å². The molecule has 0 spiro atoms. The predicted octanol–water partition coefficient (Wildman–Crippen LogP) is 5.22. The van der Waals surface area contributed by atoms with Crippen LogP contribution >= 0.6 is 15.9 Å². The number of hydrogen-bond acceptors (Lipinski definition) is 5. The lowest BCUT2D eigenvalue weighted by atomic mass is 10.2. The lowest BCUT2D eigenvalue weighted by Crippen LogP contribution is -1.92. The molecule has 4 aromatic rings. The molecule has 0 fully saturated rings. The summed E-state index contributed by atoms with van der Waals surface area (Å²) in [6.07, 6.45) is 0. The molecule has 128 valence electrons. The van der Waals surface area contributed by atoms with Crippen molar-refractivity contribution in [3.8, 4) is 17.2 Å². The minimum atomic E-state index is -0.667. The van der Waals surface area contributed by atoms with Crippen LogP contribution in [-0.4, -0.2) is 21.2 Å². The largest absolute Gasteiger partial charge is 0.493 e. The minimum Gasteiger partial charge on any atom is -0.493 e. The number of rotatable bonds is 3. The fourth-order valence-electron chi connectivity index (χ4n) is 2.50. The number of nitrogens with zero attached hydrogens (tertiary/aromatic N) is 3. The first-order valence-electron chi connectivity index (χ1n) is 7.60. The van der Waals surface area contributed by atoms with Gasteiger partial charge in [0.05, 0.1) is 5.52 Å². The topological polar surface area (TPSA) is 104 Å². The molecule has 2 heterocycles. The highest BCUT2D eigenvalue weighted by molar-refractivity contribution is 9.10. The third kappa shape index (κ3) is 3.02. The van der Waals surface area contributed by atoms with Gasteiger partial charge in [0, 0.05) is 21.5 Å². The van der Waals surface area contributed by atoms with Crippen molar-refractivity contribution in [3.63, 3.8) is 0 Å². The Labute approximate surface area is 155 Å². The van der Waals surface area contributed by atoms with Crippen LogP contribution in [0.2, 0.25) is 0 Å². The fraction of sp³-hybridized carbons (Fsp3) is 0. The summed E-state index contributed by atoms with van der Waals surface area (Å²) in [6.45, 7) is 0. The minimum absolute atomic E-state index is 0.0353. The Morgan fingerprint density at radius 1 is 1.15 bits per heavy atom. The molecule has 0 aliphatic carbocycles. The number of benzene rings is 2. The summed E-state index contributed by atoms with van der Waals surface area (Å²) >= 11 is 3.36. The number of nitrogens with one attached hydrogen (secondary N) is 1. The molecule has 2 aromatic heterocycles. The van der Waals surface area contributed by atoms with Crippen LogP contribution in [0.5, 0.6) is 5.88 Å². The third-order valence-corrected chi connectivity index (χ3v) is 4.24. The number of aromatic hydroxyl groups is 1. The van der Waals surface area contributed by atoms with Crippen LogP contribution in [-0.2, 0) is 0 Å². The number of hydrogen-bond donors (Lipinski definition) is 2. The van der Waals surface area contributed by atoms with E-state index < -0.39 is 5.91 Å². The highest BCUT2D eigenvalue weighted by atomic mass is 79.9. The van der Waals surface area contributed by atoms with Gasteiger partial charge in [0.25, 0.3) is 0 Å². The average Bonchev–Trinajstić information content (AvgIpc) is 3.25. The van der Waals surface area contributed by atoms with Crippen molar-refractivity contribution in [2.75, 3.05) is 0 Å². The smallest absolute Gasteiger partial charge is 0.317 e. The molecule has 0 aliphatic rings. The summed E-state index contributed by atoms with van der Waals surface area (Å²) in [5.74, 6) is -0.373. The number of azo groups is 1. The van der Waals surface area contributed by atoms with Crippen molar-refractivity contribution in [1.82, 2.24) is 10.1 Å². The number of amides is 1. The van der Waals surface area contributed by atoms with Gasteiger partial charge in [0.15, 0.2) is 17.1 Å². The molecule has 0 unspecified atom stereocenters. The molecular weight excluding hydrogens is 400 g/mol. The molecule has 1 amide bonds. The van der Waals surface area contributed by atoms with E-state index in [9.17, 15) is 9.90 Å². The fourth-order valence-corrected chi connectivity index (χ4v) is 2.86. The normalized spacial score (nSPS) is 11.4. The second-order valence-electron chi connectivity index (χ2n) is 5.46. The van der Waals surface area contributed by atoms with E-state index in [0.717, 1.165) is 10.0 Å². The molecule has 4 rings (SSSR count). The standard InChI is InChI=1S/C18H11BrN4O3/c19-11-6-7-13-12(8-11)16(18(25)20-13)21-22-17(24)14-9-15(26-23-14)10-4-2-1-3-5-10/h1-9,20,25H. The van der Waals surface area contributed by atoms with Crippen molar-refractivity contribution < 1.29 is 14.4 Å². The number of aromatic nitrogens is 2. The summed E-state index contributed by atoms with van der Waals surface area (Å²) in [6, 6.07) is 16.2. The van der Waals surface area contributed by atoms with Gasteiger partial charge in [-0.1, -0.05) is 51.4 Å². The van der Waals surface area contributed by atoms with Gasteiger partial charge in [0.1, 0.15) is 0 Å². The molecule has 0 bridgehead atoms. The first-order valence-corrected chi connectivity index (χ1v) is 8.39. The number of aromatic amines is 1. The van der Waals surface area contributed by atoms with Crippen molar-refractivity contribution in [1.29, 1.82) is 0 Å². The summed E-state index contributed by atoms with van der Waals surface area (Å²) < 4.78 is 6.00. The molecule has 0 radical (unpaired) electrons. The van der Waals surface area contributed by atoms with Crippen LogP contribution in [0, 0.1) is 0 Å².